The second-order valence-corrected chi connectivity index (χ2v) is 5.37. The molecular weight excluding hydrogens is 234 g/mol. The van der Waals surface area contributed by atoms with Gasteiger partial charge >= 0.3 is 5.97 Å². The summed E-state index contributed by atoms with van der Waals surface area (Å²) in [5, 5.41) is 11.3. The molecule has 0 atom stereocenters. The number of nitrogens with one attached hydrogen (secondary N) is 1. The lowest BCUT2D eigenvalue weighted by Crippen LogP contribution is -2.16. The van der Waals surface area contributed by atoms with E-state index in [1.807, 2.05) is 0 Å². The van der Waals surface area contributed by atoms with Crippen LogP contribution in [0, 0.1) is 6.92 Å². The average Bonchev–Trinajstić information content (AvgIpc) is 2.13. The number of aromatic nitrogens is 2. The van der Waals surface area contributed by atoms with E-state index in [1.54, 1.807) is 6.92 Å². The van der Waals surface area contributed by atoms with Gasteiger partial charge in [0.25, 0.3) is 0 Å². The van der Waals surface area contributed by atoms with E-state index in [1.165, 1.54) is 0 Å². The summed E-state index contributed by atoms with van der Waals surface area (Å²) in [6.07, 6.45) is 2.17. The van der Waals surface area contributed by atoms with E-state index in [4.69, 9.17) is 5.11 Å². The van der Waals surface area contributed by atoms with Crippen LogP contribution < -0.4 is 5.32 Å². The topological polar surface area (TPSA) is 109 Å². The van der Waals surface area contributed by atoms with E-state index in [0.717, 1.165) is 12.5 Å². The third-order valence-electron chi connectivity index (χ3n) is 1.64. The molecule has 0 spiro atoms. The van der Waals surface area contributed by atoms with Crippen LogP contribution in [-0.2, 0) is 9.84 Å². The Kier molecular flexibility index (Phi) is 3.43. The molecule has 2 N–H and O–H groups in total. The van der Waals surface area contributed by atoms with Crippen LogP contribution in [0.4, 0.5) is 5.82 Å². The minimum absolute atomic E-state index is 0.00502. The monoisotopic (exact) mass is 245 g/mol. The Morgan fingerprint density at radius 3 is 2.69 bits per heavy atom. The van der Waals surface area contributed by atoms with Crippen molar-refractivity contribution < 1.29 is 18.3 Å². The fourth-order valence-electron chi connectivity index (χ4n) is 0.961. The Morgan fingerprint density at radius 2 is 2.19 bits per heavy atom. The maximum atomic E-state index is 10.9. The smallest absolute Gasteiger partial charge is 0.341 e. The van der Waals surface area contributed by atoms with Gasteiger partial charge in [-0.1, -0.05) is 0 Å². The van der Waals surface area contributed by atoms with Crippen molar-refractivity contribution in [3.8, 4) is 0 Å². The van der Waals surface area contributed by atoms with Crippen LogP contribution in [0.25, 0.3) is 0 Å². The highest BCUT2D eigenvalue weighted by Gasteiger charge is 2.13. The Bertz CT molecular complexity index is 512. The van der Waals surface area contributed by atoms with Gasteiger partial charge in [-0.05, 0) is 6.92 Å². The largest absolute Gasteiger partial charge is 0.477 e. The Balaban J connectivity index is 3.01. The standard InChI is InChI=1S/C8H11N3O4S/c1-5-9-3-6(8(12)13)7(11-5)10-4-16(2,14)15/h3H,4H2,1-2H3,(H,12,13)(H,9,10,11). The zero-order valence-electron chi connectivity index (χ0n) is 8.76. The lowest BCUT2D eigenvalue weighted by atomic mass is 10.3. The second-order valence-electron chi connectivity index (χ2n) is 3.23. The predicted molar refractivity (Wildman–Crippen MR) is 57.1 cm³/mol. The van der Waals surface area contributed by atoms with E-state index in [2.05, 4.69) is 15.3 Å². The summed E-state index contributed by atoms with van der Waals surface area (Å²) in [6.45, 7) is 1.58. The van der Waals surface area contributed by atoms with Crippen molar-refractivity contribution in [2.24, 2.45) is 0 Å². The molecule has 1 aromatic rings. The molecule has 1 aromatic heterocycles. The number of aromatic carboxylic acids is 1. The number of hydrogen-bond acceptors (Lipinski definition) is 6. The predicted octanol–water partition coefficient (Wildman–Crippen LogP) is -0.103. The molecule has 1 rings (SSSR count). The molecule has 16 heavy (non-hydrogen) atoms. The Hall–Kier alpha value is -1.70. The van der Waals surface area contributed by atoms with Gasteiger partial charge in [0, 0.05) is 12.5 Å². The van der Waals surface area contributed by atoms with Gasteiger partial charge in [0.1, 0.15) is 23.1 Å². The fraction of sp³-hybridized carbons (Fsp3) is 0.375. The van der Waals surface area contributed by atoms with Crippen molar-refractivity contribution in [3.63, 3.8) is 0 Å². The molecule has 88 valence electrons. The summed E-state index contributed by atoms with van der Waals surface area (Å²) < 4.78 is 21.8. The maximum absolute atomic E-state index is 10.9. The number of carboxylic acids is 1. The fourth-order valence-corrected chi connectivity index (χ4v) is 1.36. The SMILES string of the molecule is Cc1ncc(C(=O)O)c(NCS(C)(=O)=O)n1. The van der Waals surface area contributed by atoms with Crippen LogP contribution in [0.5, 0.6) is 0 Å². The van der Waals surface area contributed by atoms with Gasteiger partial charge < -0.3 is 10.4 Å². The number of rotatable bonds is 4. The molecule has 0 unspecified atom stereocenters. The van der Waals surface area contributed by atoms with Crippen LogP contribution >= 0.6 is 0 Å². The first-order chi connectivity index (χ1) is 7.29. The minimum Gasteiger partial charge on any atom is -0.477 e. The average molecular weight is 245 g/mol. The molecule has 0 aliphatic rings. The first kappa shape index (κ1) is 12.4. The van der Waals surface area contributed by atoms with Crippen LogP contribution in [-0.4, -0.2) is 41.6 Å². The quantitative estimate of drug-likeness (QED) is 0.762. The van der Waals surface area contributed by atoms with Crippen LogP contribution in [0.15, 0.2) is 6.20 Å². The van der Waals surface area contributed by atoms with Crippen LogP contribution in [0.3, 0.4) is 0 Å². The zero-order chi connectivity index (χ0) is 12.3. The van der Waals surface area contributed by atoms with Crippen molar-refractivity contribution in [2.45, 2.75) is 6.92 Å². The number of anilines is 1. The van der Waals surface area contributed by atoms with Gasteiger partial charge in [-0.15, -0.1) is 0 Å². The molecule has 0 bridgehead atoms. The van der Waals surface area contributed by atoms with Gasteiger partial charge in [-0.2, -0.15) is 0 Å². The molecule has 0 aliphatic carbocycles. The van der Waals surface area contributed by atoms with Crippen molar-refractivity contribution in [1.29, 1.82) is 0 Å². The van der Waals surface area contributed by atoms with E-state index >= 15 is 0 Å². The summed E-state index contributed by atoms with van der Waals surface area (Å²) >= 11 is 0. The molecule has 0 radical (unpaired) electrons. The molecule has 0 fully saturated rings. The van der Waals surface area contributed by atoms with E-state index in [9.17, 15) is 13.2 Å². The van der Waals surface area contributed by atoms with Gasteiger partial charge in [0.2, 0.25) is 0 Å². The highest BCUT2D eigenvalue weighted by atomic mass is 32.2. The molecule has 0 aromatic carbocycles. The van der Waals surface area contributed by atoms with Gasteiger partial charge in [-0.25, -0.2) is 23.2 Å². The highest BCUT2D eigenvalue weighted by molar-refractivity contribution is 7.90. The van der Waals surface area contributed by atoms with Gasteiger partial charge in [-0.3, -0.25) is 0 Å². The third-order valence-corrected chi connectivity index (χ3v) is 2.31. The first-order valence-corrected chi connectivity index (χ1v) is 6.34. The molecular formula is C8H11N3O4S. The first-order valence-electron chi connectivity index (χ1n) is 4.28. The number of hydrogen-bond donors (Lipinski definition) is 2. The lowest BCUT2D eigenvalue weighted by molar-refractivity contribution is 0.0697. The Morgan fingerprint density at radius 1 is 1.56 bits per heavy atom. The Labute approximate surface area is 92.5 Å². The summed E-state index contributed by atoms with van der Waals surface area (Å²) in [6, 6.07) is 0. The molecule has 0 amide bonds. The van der Waals surface area contributed by atoms with Gasteiger partial charge in [0.15, 0.2) is 9.84 Å². The van der Waals surface area contributed by atoms with E-state index < -0.39 is 15.8 Å². The number of carbonyl (C=O) groups is 1. The summed E-state index contributed by atoms with van der Waals surface area (Å²) in [5.74, 6) is -1.22. The van der Waals surface area contributed by atoms with E-state index in [-0.39, 0.29) is 17.3 Å². The third kappa shape index (κ3) is 3.46. The second kappa shape index (κ2) is 4.44. The van der Waals surface area contributed by atoms with Crippen LogP contribution in [0.1, 0.15) is 16.2 Å². The number of nitrogens with zero attached hydrogens (tertiary/aromatic N) is 2. The summed E-state index contributed by atoms with van der Waals surface area (Å²) in [5.41, 5.74) is -0.158. The van der Waals surface area contributed by atoms with Crippen molar-refractivity contribution in [3.05, 3.63) is 17.6 Å². The normalized spacial score (nSPS) is 11.1. The summed E-state index contributed by atoms with van der Waals surface area (Å²) in [7, 11) is -3.24. The number of carboxylic acid groups (broad SMARTS) is 1. The van der Waals surface area contributed by atoms with E-state index in [0.29, 0.717) is 5.82 Å². The molecule has 0 saturated heterocycles. The molecule has 0 aliphatic heterocycles. The minimum atomic E-state index is -3.24. The lowest BCUT2D eigenvalue weighted by Gasteiger charge is -2.07. The molecule has 0 saturated carbocycles. The number of sulfone groups is 1. The maximum Gasteiger partial charge on any atom is 0.341 e. The number of aryl methyl sites for hydroxylation is 1. The highest BCUT2D eigenvalue weighted by Crippen LogP contribution is 2.11. The summed E-state index contributed by atoms with van der Waals surface area (Å²) in [4.78, 5) is 18.3. The molecule has 8 heteroatoms. The molecule has 1 heterocycles. The zero-order valence-corrected chi connectivity index (χ0v) is 9.58. The van der Waals surface area contributed by atoms with Crippen LogP contribution in [0.2, 0.25) is 0 Å². The van der Waals surface area contributed by atoms with Crippen molar-refractivity contribution in [1.82, 2.24) is 9.97 Å². The van der Waals surface area contributed by atoms with Crippen molar-refractivity contribution in [2.75, 3.05) is 17.4 Å². The van der Waals surface area contributed by atoms with Gasteiger partial charge in [0.05, 0.1) is 0 Å². The molecule has 7 nitrogen and oxygen atoms in total. The van der Waals surface area contributed by atoms with Crippen molar-refractivity contribution >= 4 is 21.6 Å².